The first-order valence-corrected chi connectivity index (χ1v) is 31.1. The van der Waals surface area contributed by atoms with Crippen molar-refractivity contribution in [2.45, 2.75) is 335 Å². The summed E-state index contributed by atoms with van der Waals surface area (Å²) in [5.41, 5.74) is 0. The molecular weight excluding hydrogens is 877 g/mol. The predicted molar refractivity (Wildman–Crippen MR) is 307 cm³/mol. The second-order valence-electron chi connectivity index (χ2n) is 21.0. The number of esters is 3. The predicted octanol–water partition coefficient (Wildman–Crippen LogP) is 21.0. The van der Waals surface area contributed by atoms with Crippen molar-refractivity contribution in [3.05, 3.63) is 48.6 Å². The van der Waals surface area contributed by atoms with Crippen molar-refractivity contribution in [3.63, 3.8) is 0 Å². The summed E-state index contributed by atoms with van der Waals surface area (Å²) in [6.45, 7) is 6.63. The van der Waals surface area contributed by atoms with Gasteiger partial charge in [-0.05, 0) is 83.5 Å². The van der Waals surface area contributed by atoms with E-state index in [2.05, 4.69) is 69.4 Å². The molecule has 0 aromatic rings. The summed E-state index contributed by atoms with van der Waals surface area (Å²) in [7, 11) is 0. The van der Waals surface area contributed by atoms with E-state index < -0.39 is 6.10 Å². The molecule has 6 heteroatoms. The van der Waals surface area contributed by atoms with Gasteiger partial charge in [0.05, 0.1) is 0 Å². The Morgan fingerprint density at radius 1 is 0.282 bits per heavy atom. The Labute approximate surface area is 441 Å². The summed E-state index contributed by atoms with van der Waals surface area (Å²) in [4.78, 5) is 38.2. The van der Waals surface area contributed by atoms with E-state index in [1.807, 2.05) is 0 Å². The normalized spacial score (nSPS) is 12.3. The van der Waals surface area contributed by atoms with Gasteiger partial charge in [0.2, 0.25) is 0 Å². The molecule has 0 fully saturated rings. The average molecular weight is 996 g/mol. The minimum absolute atomic E-state index is 0.0804. The first kappa shape index (κ1) is 68.4. The quantitative estimate of drug-likeness (QED) is 0.0261. The van der Waals surface area contributed by atoms with Gasteiger partial charge < -0.3 is 14.2 Å². The number of unbranched alkanes of at least 4 members (excludes halogenated alkanes) is 38. The number of carbonyl (C=O) groups is 3. The highest BCUT2D eigenvalue weighted by molar-refractivity contribution is 5.71. The zero-order valence-electron chi connectivity index (χ0n) is 47.5. The number of rotatable bonds is 57. The average Bonchev–Trinajstić information content (AvgIpc) is 3.37. The Morgan fingerprint density at radius 3 is 0.831 bits per heavy atom. The zero-order chi connectivity index (χ0) is 51.4. The van der Waals surface area contributed by atoms with Gasteiger partial charge in [-0.1, -0.05) is 275 Å². The Balaban J connectivity index is 4.35. The maximum atomic E-state index is 12.9. The van der Waals surface area contributed by atoms with Crippen LogP contribution in [0.1, 0.15) is 329 Å². The topological polar surface area (TPSA) is 78.9 Å². The smallest absolute Gasteiger partial charge is 0.306 e. The van der Waals surface area contributed by atoms with Crippen LogP contribution in [0.3, 0.4) is 0 Å². The van der Waals surface area contributed by atoms with Crippen LogP contribution in [0.2, 0.25) is 0 Å². The van der Waals surface area contributed by atoms with E-state index >= 15 is 0 Å². The molecule has 71 heavy (non-hydrogen) atoms. The van der Waals surface area contributed by atoms with E-state index in [1.165, 1.54) is 193 Å². The highest BCUT2D eigenvalue weighted by Crippen LogP contribution is 2.17. The lowest BCUT2D eigenvalue weighted by Gasteiger charge is -2.18. The van der Waals surface area contributed by atoms with Gasteiger partial charge in [-0.3, -0.25) is 14.4 Å². The molecule has 0 amide bonds. The minimum Gasteiger partial charge on any atom is -0.462 e. The van der Waals surface area contributed by atoms with E-state index in [0.29, 0.717) is 19.3 Å². The molecule has 6 nitrogen and oxygen atoms in total. The number of ether oxygens (including phenoxy) is 3. The van der Waals surface area contributed by atoms with Crippen molar-refractivity contribution >= 4 is 17.9 Å². The lowest BCUT2D eigenvalue weighted by molar-refractivity contribution is -0.167. The van der Waals surface area contributed by atoms with E-state index in [4.69, 9.17) is 14.2 Å². The molecule has 0 saturated carbocycles. The molecule has 0 radical (unpaired) electrons. The molecular formula is C65H118O6. The second-order valence-corrected chi connectivity index (χ2v) is 21.0. The monoisotopic (exact) mass is 995 g/mol. The van der Waals surface area contributed by atoms with Crippen molar-refractivity contribution in [2.75, 3.05) is 13.2 Å². The SMILES string of the molecule is CCCCC/C=C\C/C=C\C/C=C\CCCCCCC(=O)OC[C@H](COC(=O)CCCCCCCCCCCCCCCCCCCCCCC)OC(=O)CCCCCCC/C=C\CCCCCCCC. The highest BCUT2D eigenvalue weighted by atomic mass is 16.6. The molecule has 0 saturated heterocycles. The van der Waals surface area contributed by atoms with Gasteiger partial charge in [-0.2, -0.15) is 0 Å². The number of hydrogen-bond acceptors (Lipinski definition) is 6. The summed E-state index contributed by atoms with van der Waals surface area (Å²) in [6.07, 6.45) is 74.0. The maximum absolute atomic E-state index is 12.9. The van der Waals surface area contributed by atoms with Crippen LogP contribution in [-0.4, -0.2) is 37.2 Å². The van der Waals surface area contributed by atoms with Gasteiger partial charge in [-0.25, -0.2) is 0 Å². The molecule has 0 unspecified atom stereocenters. The van der Waals surface area contributed by atoms with Gasteiger partial charge in [0.1, 0.15) is 13.2 Å². The molecule has 0 bridgehead atoms. The standard InChI is InChI=1S/C65H118O6/c1-4-7-10-13-16-19-22-25-28-30-31-32-33-35-38-40-43-46-49-52-55-58-64(67)70-61-62(71-65(68)59-56-53-50-47-44-41-36-27-24-21-18-15-12-9-6-3)60-69-63(66)57-54-51-48-45-42-39-37-34-29-26-23-20-17-14-11-8-5-2/h17,20,26-27,29,36-37,39,62H,4-16,18-19,21-25,28,30-35,38,40-61H2,1-3H3/b20-17-,29-26-,36-27-,39-37-/t62-/m1/s1. The summed E-state index contributed by atoms with van der Waals surface area (Å²) in [5.74, 6) is -0.893. The summed E-state index contributed by atoms with van der Waals surface area (Å²) in [5, 5.41) is 0. The third-order valence-corrected chi connectivity index (χ3v) is 13.8. The van der Waals surface area contributed by atoms with Crippen LogP contribution in [0.15, 0.2) is 48.6 Å². The van der Waals surface area contributed by atoms with Crippen molar-refractivity contribution < 1.29 is 28.6 Å². The fourth-order valence-electron chi connectivity index (χ4n) is 9.09. The van der Waals surface area contributed by atoms with Gasteiger partial charge >= 0.3 is 17.9 Å². The Morgan fingerprint density at radius 2 is 0.507 bits per heavy atom. The molecule has 0 aromatic carbocycles. The van der Waals surface area contributed by atoms with Gasteiger partial charge in [0.25, 0.3) is 0 Å². The van der Waals surface area contributed by atoms with Crippen LogP contribution < -0.4 is 0 Å². The number of hydrogen-bond donors (Lipinski definition) is 0. The molecule has 0 rings (SSSR count). The largest absolute Gasteiger partial charge is 0.462 e. The van der Waals surface area contributed by atoms with Crippen molar-refractivity contribution in [2.24, 2.45) is 0 Å². The molecule has 1 atom stereocenters. The second kappa shape index (κ2) is 59.9. The zero-order valence-corrected chi connectivity index (χ0v) is 47.5. The van der Waals surface area contributed by atoms with Crippen LogP contribution >= 0.6 is 0 Å². The van der Waals surface area contributed by atoms with Gasteiger partial charge in [0, 0.05) is 19.3 Å². The first-order valence-electron chi connectivity index (χ1n) is 31.1. The third kappa shape index (κ3) is 58.1. The maximum Gasteiger partial charge on any atom is 0.306 e. The van der Waals surface area contributed by atoms with Crippen molar-refractivity contribution in [1.82, 2.24) is 0 Å². The Kier molecular flexibility index (Phi) is 57.7. The molecule has 0 aromatic heterocycles. The number of carbonyl (C=O) groups excluding carboxylic acids is 3. The van der Waals surface area contributed by atoms with Crippen LogP contribution in [0.4, 0.5) is 0 Å². The fourth-order valence-corrected chi connectivity index (χ4v) is 9.09. The summed E-state index contributed by atoms with van der Waals surface area (Å²) >= 11 is 0. The molecule has 0 heterocycles. The lowest BCUT2D eigenvalue weighted by atomic mass is 10.0. The van der Waals surface area contributed by atoms with E-state index in [0.717, 1.165) is 96.3 Å². The van der Waals surface area contributed by atoms with E-state index in [-0.39, 0.29) is 31.1 Å². The van der Waals surface area contributed by atoms with Crippen LogP contribution in [0.5, 0.6) is 0 Å². The molecule has 0 N–H and O–H groups in total. The highest BCUT2D eigenvalue weighted by Gasteiger charge is 2.19. The molecule has 0 aliphatic carbocycles. The Hall–Kier alpha value is -2.63. The van der Waals surface area contributed by atoms with Gasteiger partial charge in [0.15, 0.2) is 6.10 Å². The Bertz CT molecular complexity index is 1230. The first-order chi connectivity index (χ1) is 35.0. The molecule has 0 aliphatic rings. The third-order valence-electron chi connectivity index (χ3n) is 13.8. The van der Waals surface area contributed by atoms with Crippen molar-refractivity contribution in [1.29, 1.82) is 0 Å². The molecule has 0 aliphatic heterocycles. The number of allylic oxidation sites excluding steroid dienone is 8. The van der Waals surface area contributed by atoms with Crippen LogP contribution in [0, 0.1) is 0 Å². The van der Waals surface area contributed by atoms with Gasteiger partial charge in [-0.15, -0.1) is 0 Å². The van der Waals surface area contributed by atoms with E-state index in [9.17, 15) is 14.4 Å². The van der Waals surface area contributed by atoms with Crippen LogP contribution in [-0.2, 0) is 28.6 Å². The van der Waals surface area contributed by atoms with Crippen molar-refractivity contribution in [3.8, 4) is 0 Å². The molecule has 414 valence electrons. The fraction of sp³-hybridized carbons (Fsp3) is 0.831. The summed E-state index contributed by atoms with van der Waals surface area (Å²) < 4.78 is 16.9. The summed E-state index contributed by atoms with van der Waals surface area (Å²) in [6, 6.07) is 0. The molecule has 0 spiro atoms. The van der Waals surface area contributed by atoms with Crippen LogP contribution in [0.25, 0.3) is 0 Å². The lowest BCUT2D eigenvalue weighted by Crippen LogP contribution is -2.30. The minimum atomic E-state index is -0.785. The van der Waals surface area contributed by atoms with E-state index in [1.54, 1.807) is 0 Å².